The van der Waals surface area contributed by atoms with Gasteiger partial charge in [0.2, 0.25) is 17.8 Å². The number of fused-ring (bicyclic) bond motifs is 1. The number of carbonyl (C=O) groups excluding carboxylic acids is 2. The number of aromatic nitrogens is 2. The highest BCUT2D eigenvalue weighted by Gasteiger charge is 2.48. The molecule has 2 aromatic rings. The number of hydrogen-bond donors (Lipinski definition) is 1. The van der Waals surface area contributed by atoms with Crippen LogP contribution in [0.4, 0.5) is 5.95 Å². The molecule has 2 aliphatic rings. The molecule has 2 saturated heterocycles. The predicted molar refractivity (Wildman–Crippen MR) is 82.4 cm³/mol. The van der Waals surface area contributed by atoms with Gasteiger partial charge in [-0.3, -0.25) is 14.9 Å². The quantitative estimate of drug-likeness (QED) is 0.804. The minimum absolute atomic E-state index is 0.120. The van der Waals surface area contributed by atoms with E-state index in [-0.39, 0.29) is 11.8 Å². The summed E-state index contributed by atoms with van der Waals surface area (Å²) in [5.74, 6) is 0.615. The van der Waals surface area contributed by atoms with Crippen molar-refractivity contribution in [2.45, 2.75) is 19.3 Å². The molecule has 6 heteroatoms. The Hall–Kier alpha value is -2.37. The number of anilines is 1. The average Bonchev–Trinajstić information content (AvgIpc) is 3.07. The first-order valence-corrected chi connectivity index (χ1v) is 7.60. The second-order valence-electron chi connectivity index (χ2n) is 6.29. The van der Waals surface area contributed by atoms with Crippen LogP contribution in [0, 0.1) is 5.41 Å². The Morgan fingerprint density at radius 3 is 2.82 bits per heavy atom. The Bertz CT molecular complexity index is 782. The monoisotopic (exact) mass is 298 g/mol. The van der Waals surface area contributed by atoms with Crippen LogP contribution in [0.15, 0.2) is 24.3 Å². The molecule has 2 amide bonds. The lowest BCUT2D eigenvalue weighted by atomic mass is 9.79. The zero-order valence-electron chi connectivity index (χ0n) is 12.5. The summed E-state index contributed by atoms with van der Waals surface area (Å²) in [5, 5.41) is 2.49. The Kier molecular flexibility index (Phi) is 2.76. The number of amides is 2. The molecular formula is C16H18N4O2. The van der Waals surface area contributed by atoms with Gasteiger partial charge in [0.05, 0.1) is 16.4 Å². The smallest absolute Gasteiger partial charge is 0.234 e. The molecule has 3 heterocycles. The van der Waals surface area contributed by atoms with E-state index in [1.54, 1.807) is 0 Å². The number of carbonyl (C=O) groups is 2. The third-order valence-electron chi connectivity index (χ3n) is 4.97. The SMILES string of the molecule is Cn1c(N2CCC3(CCC(=O)NC3=O)C2)nc2ccccc21. The Morgan fingerprint density at radius 1 is 1.23 bits per heavy atom. The molecule has 6 nitrogen and oxygen atoms in total. The van der Waals surface area contributed by atoms with Crippen molar-refractivity contribution in [3.05, 3.63) is 24.3 Å². The topological polar surface area (TPSA) is 67.2 Å². The Morgan fingerprint density at radius 2 is 2.05 bits per heavy atom. The lowest BCUT2D eigenvalue weighted by Crippen LogP contribution is -2.50. The molecule has 0 radical (unpaired) electrons. The lowest BCUT2D eigenvalue weighted by molar-refractivity contribution is -0.140. The zero-order chi connectivity index (χ0) is 15.3. The van der Waals surface area contributed by atoms with Crippen LogP contribution >= 0.6 is 0 Å². The molecule has 22 heavy (non-hydrogen) atoms. The van der Waals surface area contributed by atoms with E-state index in [9.17, 15) is 9.59 Å². The molecule has 1 unspecified atom stereocenters. The largest absolute Gasteiger partial charge is 0.341 e. The van der Waals surface area contributed by atoms with Crippen molar-refractivity contribution in [1.82, 2.24) is 14.9 Å². The lowest BCUT2D eigenvalue weighted by Gasteiger charge is -2.31. The summed E-state index contributed by atoms with van der Waals surface area (Å²) >= 11 is 0. The first kappa shape index (κ1) is 13.3. The van der Waals surface area contributed by atoms with E-state index >= 15 is 0 Å². The van der Waals surface area contributed by atoms with Crippen molar-refractivity contribution < 1.29 is 9.59 Å². The molecule has 114 valence electrons. The molecule has 0 bridgehead atoms. The molecule has 1 aromatic heterocycles. The van der Waals surface area contributed by atoms with E-state index in [0.29, 0.717) is 19.4 Å². The number of rotatable bonds is 1. The van der Waals surface area contributed by atoms with Crippen molar-refractivity contribution in [2.75, 3.05) is 18.0 Å². The molecule has 2 fully saturated rings. The predicted octanol–water partition coefficient (Wildman–Crippen LogP) is 1.21. The number of para-hydroxylation sites is 2. The summed E-state index contributed by atoms with van der Waals surface area (Å²) in [6.45, 7) is 1.42. The van der Waals surface area contributed by atoms with E-state index in [1.807, 2.05) is 31.3 Å². The first-order chi connectivity index (χ1) is 10.6. The fourth-order valence-corrected chi connectivity index (χ4v) is 3.64. The highest BCUT2D eigenvalue weighted by molar-refractivity contribution is 6.01. The normalized spacial score (nSPS) is 25.2. The van der Waals surface area contributed by atoms with Gasteiger partial charge in [0.25, 0.3) is 0 Å². The van der Waals surface area contributed by atoms with Gasteiger partial charge in [0.15, 0.2) is 0 Å². The maximum absolute atomic E-state index is 12.3. The third-order valence-corrected chi connectivity index (χ3v) is 4.97. The van der Waals surface area contributed by atoms with Gasteiger partial charge >= 0.3 is 0 Å². The minimum Gasteiger partial charge on any atom is -0.341 e. The molecule has 1 aromatic carbocycles. The van der Waals surface area contributed by atoms with Crippen LogP contribution in [0.3, 0.4) is 0 Å². The van der Waals surface area contributed by atoms with E-state index in [2.05, 4.69) is 14.8 Å². The maximum atomic E-state index is 12.3. The molecule has 0 saturated carbocycles. The Balaban J connectivity index is 1.66. The number of aryl methyl sites for hydroxylation is 1. The molecule has 2 aliphatic heterocycles. The first-order valence-electron chi connectivity index (χ1n) is 7.60. The molecule has 1 atom stereocenters. The molecule has 0 aliphatic carbocycles. The number of nitrogens with one attached hydrogen (secondary N) is 1. The van der Waals surface area contributed by atoms with Gasteiger partial charge in [0.1, 0.15) is 0 Å². The van der Waals surface area contributed by atoms with Crippen LogP contribution in [0.2, 0.25) is 0 Å². The summed E-state index contributed by atoms with van der Waals surface area (Å²) in [7, 11) is 2.00. The highest BCUT2D eigenvalue weighted by Crippen LogP contribution is 2.39. The molecular weight excluding hydrogens is 280 g/mol. The number of imide groups is 1. The average molecular weight is 298 g/mol. The van der Waals surface area contributed by atoms with Gasteiger partial charge in [-0.2, -0.15) is 0 Å². The van der Waals surface area contributed by atoms with E-state index in [4.69, 9.17) is 4.98 Å². The van der Waals surface area contributed by atoms with E-state index in [1.165, 1.54) is 0 Å². The second-order valence-corrected chi connectivity index (χ2v) is 6.29. The van der Waals surface area contributed by atoms with E-state index < -0.39 is 5.41 Å². The number of hydrogen-bond acceptors (Lipinski definition) is 4. The fourth-order valence-electron chi connectivity index (χ4n) is 3.64. The number of nitrogens with zero attached hydrogens (tertiary/aromatic N) is 3. The summed E-state index contributed by atoms with van der Waals surface area (Å²) in [4.78, 5) is 30.5. The summed E-state index contributed by atoms with van der Waals surface area (Å²) in [5.41, 5.74) is 1.61. The van der Waals surface area contributed by atoms with Crippen LogP contribution < -0.4 is 10.2 Å². The van der Waals surface area contributed by atoms with Crippen molar-refractivity contribution in [1.29, 1.82) is 0 Å². The van der Waals surface area contributed by atoms with Gasteiger partial charge in [-0.25, -0.2) is 4.98 Å². The van der Waals surface area contributed by atoms with Crippen LogP contribution in [-0.4, -0.2) is 34.5 Å². The standard InChI is InChI=1S/C16H18N4O2/c1-19-12-5-3-2-4-11(12)17-15(19)20-9-8-16(10-20)7-6-13(21)18-14(16)22/h2-5H,6-10H2,1H3,(H,18,21,22). The van der Waals surface area contributed by atoms with Gasteiger partial charge < -0.3 is 9.47 Å². The summed E-state index contributed by atoms with van der Waals surface area (Å²) in [6.07, 6.45) is 1.84. The second kappa shape index (κ2) is 4.56. The Labute approximate surface area is 128 Å². The van der Waals surface area contributed by atoms with Crippen molar-refractivity contribution in [3.63, 3.8) is 0 Å². The maximum Gasteiger partial charge on any atom is 0.234 e. The van der Waals surface area contributed by atoms with Gasteiger partial charge in [0, 0.05) is 26.6 Å². The molecule has 1 N–H and O–H groups in total. The van der Waals surface area contributed by atoms with Crippen LogP contribution in [0.5, 0.6) is 0 Å². The highest BCUT2D eigenvalue weighted by atomic mass is 16.2. The van der Waals surface area contributed by atoms with Crippen LogP contribution in [0.1, 0.15) is 19.3 Å². The van der Waals surface area contributed by atoms with Crippen molar-refractivity contribution >= 4 is 28.8 Å². The van der Waals surface area contributed by atoms with Crippen molar-refractivity contribution in [2.24, 2.45) is 12.5 Å². The zero-order valence-corrected chi connectivity index (χ0v) is 12.5. The third kappa shape index (κ3) is 1.83. The fraction of sp³-hybridized carbons (Fsp3) is 0.438. The number of imidazole rings is 1. The number of piperidine rings is 1. The van der Waals surface area contributed by atoms with Gasteiger partial charge in [-0.15, -0.1) is 0 Å². The number of benzene rings is 1. The van der Waals surface area contributed by atoms with E-state index in [0.717, 1.165) is 29.9 Å². The van der Waals surface area contributed by atoms with Crippen LogP contribution in [0.25, 0.3) is 11.0 Å². The van der Waals surface area contributed by atoms with Gasteiger partial charge in [-0.1, -0.05) is 12.1 Å². The summed E-state index contributed by atoms with van der Waals surface area (Å²) < 4.78 is 2.07. The molecule has 4 rings (SSSR count). The van der Waals surface area contributed by atoms with Crippen molar-refractivity contribution in [3.8, 4) is 0 Å². The van der Waals surface area contributed by atoms with Gasteiger partial charge in [-0.05, 0) is 25.0 Å². The van der Waals surface area contributed by atoms with Crippen LogP contribution in [-0.2, 0) is 16.6 Å². The minimum atomic E-state index is -0.438. The summed E-state index contributed by atoms with van der Waals surface area (Å²) in [6, 6.07) is 8.02. The molecule has 1 spiro atoms.